The van der Waals surface area contributed by atoms with Gasteiger partial charge in [0.05, 0.1) is 0 Å². The molecule has 0 aliphatic carbocycles. The summed E-state index contributed by atoms with van der Waals surface area (Å²) in [6.07, 6.45) is 4.21. The van der Waals surface area contributed by atoms with Crippen molar-refractivity contribution < 1.29 is 4.79 Å². The minimum Gasteiger partial charge on any atom is -0.336 e. The second-order valence-corrected chi connectivity index (χ2v) is 6.46. The number of rotatable bonds is 2. The zero-order chi connectivity index (χ0) is 12.6. The molecular weight excluding hydrogens is 212 g/mol. The molecule has 0 bridgehead atoms. The lowest BCUT2D eigenvalue weighted by Gasteiger charge is -2.50. The molecule has 2 fully saturated rings. The van der Waals surface area contributed by atoms with Gasteiger partial charge in [-0.2, -0.15) is 0 Å². The first-order chi connectivity index (χ1) is 7.93. The molecule has 0 radical (unpaired) electrons. The van der Waals surface area contributed by atoms with Crippen LogP contribution < -0.4 is 0 Å². The molecule has 3 nitrogen and oxygen atoms in total. The second-order valence-electron chi connectivity index (χ2n) is 6.46. The maximum atomic E-state index is 11.7. The number of nitrogens with zero attached hydrogens (tertiary/aromatic N) is 2. The Morgan fingerprint density at radius 1 is 1.24 bits per heavy atom. The predicted octanol–water partition coefficient (Wildman–Crippen LogP) is 2.26. The van der Waals surface area contributed by atoms with Crippen LogP contribution in [0.3, 0.4) is 0 Å². The molecule has 1 amide bonds. The summed E-state index contributed by atoms with van der Waals surface area (Å²) in [7, 11) is 0. The molecule has 17 heavy (non-hydrogen) atoms. The minimum absolute atomic E-state index is 0.272. The fourth-order valence-electron chi connectivity index (χ4n) is 3.15. The van der Waals surface area contributed by atoms with Crippen LogP contribution in [0.1, 0.15) is 53.4 Å². The van der Waals surface area contributed by atoms with Crippen molar-refractivity contribution in [3.63, 3.8) is 0 Å². The smallest absolute Gasteiger partial charge is 0.225 e. The molecule has 0 aromatic carbocycles. The van der Waals surface area contributed by atoms with E-state index in [4.69, 9.17) is 0 Å². The summed E-state index contributed by atoms with van der Waals surface area (Å²) in [5.41, 5.74) is 0.272. The number of β-lactam (4-membered cyclic amide) rings is 1. The van der Waals surface area contributed by atoms with Crippen molar-refractivity contribution in [1.29, 1.82) is 0 Å². The summed E-state index contributed by atoms with van der Waals surface area (Å²) in [5, 5.41) is 0. The predicted molar refractivity (Wildman–Crippen MR) is 69.9 cm³/mol. The van der Waals surface area contributed by atoms with E-state index in [1.54, 1.807) is 0 Å². The quantitative estimate of drug-likeness (QED) is 0.689. The molecule has 2 aliphatic rings. The third-order valence-corrected chi connectivity index (χ3v) is 4.37. The van der Waals surface area contributed by atoms with Crippen LogP contribution >= 0.6 is 0 Å². The highest BCUT2D eigenvalue weighted by molar-refractivity contribution is 5.83. The van der Waals surface area contributed by atoms with Crippen molar-refractivity contribution in [3.05, 3.63) is 0 Å². The fourth-order valence-corrected chi connectivity index (χ4v) is 3.15. The lowest BCUT2D eigenvalue weighted by Crippen LogP contribution is -2.60. The van der Waals surface area contributed by atoms with Gasteiger partial charge in [0.1, 0.15) is 0 Å². The molecule has 0 unspecified atom stereocenters. The monoisotopic (exact) mass is 238 g/mol. The average Bonchev–Trinajstić information content (AvgIpc) is 2.25. The molecule has 2 aliphatic heterocycles. The van der Waals surface area contributed by atoms with Crippen LogP contribution in [0.15, 0.2) is 0 Å². The van der Waals surface area contributed by atoms with E-state index in [2.05, 4.69) is 37.5 Å². The molecular formula is C14H26N2O. The first-order valence-corrected chi connectivity index (χ1v) is 6.99. The molecule has 2 rings (SSSR count). The second kappa shape index (κ2) is 4.60. The van der Waals surface area contributed by atoms with Crippen molar-refractivity contribution in [1.82, 2.24) is 9.80 Å². The number of carbonyl (C=O) groups excluding carboxylic acids is 1. The molecule has 0 spiro atoms. The highest BCUT2D eigenvalue weighted by Crippen LogP contribution is 2.31. The summed E-state index contributed by atoms with van der Waals surface area (Å²) in [6.45, 7) is 11.3. The van der Waals surface area contributed by atoms with Gasteiger partial charge in [0, 0.05) is 37.1 Å². The van der Waals surface area contributed by atoms with Crippen molar-refractivity contribution >= 4 is 5.91 Å². The van der Waals surface area contributed by atoms with Crippen LogP contribution in [0.5, 0.6) is 0 Å². The maximum absolute atomic E-state index is 11.7. The average molecular weight is 238 g/mol. The number of amides is 1. The normalized spacial score (nSPS) is 28.4. The van der Waals surface area contributed by atoms with Crippen molar-refractivity contribution in [2.24, 2.45) is 0 Å². The van der Waals surface area contributed by atoms with Crippen LogP contribution in [-0.2, 0) is 4.79 Å². The highest BCUT2D eigenvalue weighted by atomic mass is 16.2. The lowest BCUT2D eigenvalue weighted by molar-refractivity contribution is -0.152. The Labute approximate surface area is 105 Å². The summed E-state index contributed by atoms with van der Waals surface area (Å²) in [6, 6.07) is 1.05. The Morgan fingerprint density at radius 2 is 1.82 bits per heavy atom. The largest absolute Gasteiger partial charge is 0.336 e. The molecule has 2 heterocycles. The number of piperidine rings is 1. The van der Waals surface area contributed by atoms with E-state index in [0.29, 0.717) is 18.0 Å². The Morgan fingerprint density at radius 3 is 2.24 bits per heavy atom. The summed E-state index contributed by atoms with van der Waals surface area (Å²) < 4.78 is 0. The van der Waals surface area contributed by atoms with E-state index in [1.165, 1.54) is 0 Å². The summed E-state index contributed by atoms with van der Waals surface area (Å²) in [4.78, 5) is 16.4. The number of carbonyl (C=O) groups is 1. The van der Waals surface area contributed by atoms with Gasteiger partial charge in [0.2, 0.25) is 5.91 Å². The van der Waals surface area contributed by atoms with E-state index >= 15 is 0 Å². The van der Waals surface area contributed by atoms with Gasteiger partial charge in [-0.05, 0) is 40.0 Å². The van der Waals surface area contributed by atoms with Crippen LogP contribution in [0.25, 0.3) is 0 Å². The molecule has 0 saturated carbocycles. The van der Waals surface area contributed by atoms with Gasteiger partial charge in [-0.15, -0.1) is 0 Å². The molecule has 3 heteroatoms. The van der Waals surface area contributed by atoms with Gasteiger partial charge in [0.15, 0.2) is 0 Å². The molecule has 0 aromatic rings. The van der Waals surface area contributed by atoms with Crippen molar-refractivity contribution in [2.45, 2.75) is 71.0 Å². The fraction of sp³-hybridized carbons (Fsp3) is 0.929. The zero-order valence-corrected chi connectivity index (χ0v) is 11.7. The van der Waals surface area contributed by atoms with E-state index in [1.807, 2.05) is 0 Å². The first-order valence-electron chi connectivity index (χ1n) is 6.99. The van der Waals surface area contributed by atoms with Crippen LogP contribution in [0.2, 0.25) is 0 Å². The summed E-state index contributed by atoms with van der Waals surface area (Å²) in [5.74, 6) is 0.381. The van der Waals surface area contributed by atoms with Gasteiger partial charge in [-0.25, -0.2) is 0 Å². The Kier molecular flexibility index (Phi) is 3.48. The van der Waals surface area contributed by atoms with E-state index < -0.39 is 0 Å². The van der Waals surface area contributed by atoms with Crippen LogP contribution in [0.4, 0.5) is 0 Å². The van der Waals surface area contributed by atoms with Crippen LogP contribution in [-0.4, -0.2) is 46.4 Å². The van der Waals surface area contributed by atoms with Crippen LogP contribution in [0, 0.1) is 0 Å². The molecule has 1 atom stereocenters. The Balaban J connectivity index is 1.89. The van der Waals surface area contributed by atoms with E-state index in [-0.39, 0.29) is 5.54 Å². The van der Waals surface area contributed by atoms with Gasteiger partial charge in [0.25, 0.3) is 0 Å². The topological polar surface area (TPSA) is 23.6 Å². The Hall–Kier alpha value is -0.570. The molecule has 0 N–H and O–H groups in total. The standard InChI is InChI=1S/C14H26N2O/c1-5-11-10-13(17)16(11)12-6-8-15(9-7-12)14(2,3)4/h11-12H,5-10H2,1-4H3/t11-/m1/s1. The highest BCUT2D eigenvalue weighted by Gasteiger charge is 2.41. The third kappa shape index (κ3) is 2.49. The van der Waals surface area contributed by atoms with Crippen molar-refractivity contribution in [3.8, 4) is 0 Å². The van der Waals surface area contributed by atoms with Gasteiger partial charge >= 0.3 is 0 Å². The van der Waals surface area contributed by atoms with Gasteiger partial charge in [-0.3, -0.25) is 9.69 Å². The van der Waals surface area contributed by atoms with Gasteiger partial charge < -0.3 is 4.90 Å². The van der Waals surface area contributed by atoms with E-state index in [9.17, 15) is 4.79 Å². The molecule has 2 saturated heterocycles. The lowest BCUT2D eigenvalue weighted by atomic mass is 9.90. The maximum Gasteiger partial charge on any atom is 0.225 e. The third-order valence-electron chi connectivity index (χ3n) is 4.37. The number of hydrogen-bond acceptors (Lipinski definition) is 2. The van der Waals surface area contributed by atoms with Gasteiger partial charge in [-0.1, -0.05) is 6.92 Å². The molecule has 98 valence electrons. The summed E-state index contributed by atoms with van der Waals surface area (Å²) >= 11 is 0. The Bertz CT molecular complexity index is 287. The minimum atomic E-state index is 0.272. The first kappa shape index (κ1) is 12.9. The SMILES string of the molecule is CC[C@@H]1CC(=O)N1C1CCN(C(C)(C)C)CC1. The molecule has 0 aromatic heterocycles. The number of likely N-dealkylation sites (tertiary alicyclic amines) is 2. The van der Waals surface area contributed by atoms with E-state index in [0.717, 1.165) is 38.8 Å². The number of hydrogen-bond donors (Lipinski definition) is 0. The van der Waals surface area contributed by atoms with Crippen molar-refractivity contribution in [2.75, 3.05) is 13.1 Å². The zero-order valence-electron chi connectivity index (χ0n) is 11.7.